The largest absolute Gasteiger partial charge is 0.393 e. The van der Waals surface area contributed by atoms with Crippen molar-refractivity contribution in [2.45, 2.75) is 42.2 Å². The van der Waals surface area contributed by atoms with Crippen LogP contribution in [0, 0.1) is 17.5 Å². The number of sulfonamides is 1. The van der Waals surface area contributed by atoms with E-state index < -0.39 is 57.7 Å². The van der Waals surface area contributed by atoms with Gasteiger partial charge in [-0.3, -0.25) is 4.79 Å². The summed E-state index contributed by atoms with van der Waals surface area (Å²) < 4.78 is 67.2. The van der Waals surface area contributed by atoms with E-state index >= 15 is 0 Å². The molecule has 2 aromatic rings. The summed E-state index contributed by atoms with van der Waals surface area (Å²) in [6.07, 6.45) is 0.433. The fraction of sp³-hybridized carbons (Fsp3) is 0.333. The standard InChI is InChI=1S/C21H20F3N3O6S/c22-14-8-12(9-15(23)18(14)24)25-19(29)11-1-2-16-17(7-11)34(32,33)27(20(30)26-16)13-3-5-21(31,10-28)6-4-13/h1-2,7-9,13,28,31H,3-6,10H2,(H,25,29)(H,26,30). The summed E-state index contributed by atoms with van der Waals surface area (Å²) in [4.78, 5) is 24.8. The summed E-state index contributed by atoms with van der Waals surface area (Å²) in [5.74, 6) is -5.64. The third-order valence-electron chi connectivity index (χ3n) is 5.98. The summed E-state index contributed by atoms with van der Waals surface area (Å²) in [6, 6.07) is 2.91. The molecule has 2 aromatic carbocycles. The van der Waals surface area contributed by atoms with Crippen LogP contribution in [0.3, 0.4) is 0 Å². The van der Waals surface area contributed by atoms with Crippen LogP contribution < -0.4 is 10.6 Å². The van der Waals surface area contributed by atoms with E-state index in [0.717, 1.165) is 6.07 Å². The highest BCUT2D eigenvalue weighted by Crippen LogP contribution is 2.38. The van der Waals surface area contributed by atoms with Crippen LogP contribution in [-0.4, -0.2) is 53.1 Å². The molecule has 0 spiro atoms. The Hall–Kier alpha value is -3.16. The maximum Gasteiger partial charge on any atom is 0.336 e. The highest BCUT2D eigenvalue weighted by Gasteiger charge is 2.44. The van der Waals surface area contributed by atoms with Crippen LogP contribution in [0.15, 0.2) is 35.2 Å². The highest BCUT2D eigenvalue weighted by molar-refractivity contribution is 7.90. The second-order valence-electron chi connectivity index (χ2n) is 8.26. The first-order valence-corrected chi connectivity index (χ1v) is 11.7. The number of aliphatic hydroxyl groups excluding tert-OH is 1. The van der Waals surface area contributed by atoms with E-state index in [-0.39, 0.29) is 47.5 Å². The molecule has 0 radical (unpaired) electrons. The van der Waals surface area contributed by atoms with Gasteiger partial charge in [-0.2, -0.15) is 0 Å². The normalized spacial score (nSPS) is 23.7. The molecule has 182 valence electrons. The van der Waals surface area contributed by atoms with E-state index in [1.807, 2.05) is 0 Å². The zero-order valence-electron chi connectivity index (χ0n) is 17.5. The van der Waals surface area contributed by atoms with Crippen LogP contribution >= 0.6 is 0 Å². The molecule has 13 heteroatoms. The molecule has 34 heavy (non-hydrogen) atoms. The fourth-order valence-electron chi connectivity index (χ4n) is 4.09. The van der Waals surface area contributed by atoms with Crippen molar-refractivity contribution < 1.29 is 41.4 Å². The number of benzene rings is 2. The van der Waals surface area contributed by atoms with Gasteiger partial charge in [0.15, 0.2) is 17.5 Å². The van der Waals surface area contributed by atoms with Gasteiger partial charge in [0.2, 0.25) is 0 Å². The van der Waals surface area contributed by atoms with Gasteiger partial charge in [0.05, 0.1) is 23.9 Å². The summed E-state index contributed by atoms with van der Waals surface area (Å²) in [6.45, 7) is -0.484. The average molecular weight is 499 g/mol. The number of hydrogen-bond acceptors (Lipinski definition) is 6. The van der Waals surface area contributed by atoms with Crippen LogP contribution in [0.4, 0.5) is 29.3 Å². The Morgan fingerprint density at radius 3 is 2.35 bits per heavy atom. The van der Waals surface area contributed by atoms with Crippen LogP contribution in [0.25, 0.3) is 0 Å². The molecule has 1 saturated carbocycles. The van der Waals surface area contributed by atoms with Gasteiger partial charge < -0.3 is 20.8 Å². The SMILES string of the molecule is O=C(Nc1cc(F)c(F)c(F)c1)c1ccc2c(c1)S(=O)(=O)N(C1CCC(O)(CO)CC1)C(=O)N2. The third-order valence-corrected chi connectivity index (χ3v) is 7.85. The number of fused-ring (bicyclic) bond motifs is 1. The highest BCUT2D eigenvalue weighted by atomic mass is 32.2. The van der Waals surface area contributed by atoms with Crippen LogP contribution in [0.1, 0.15) is 36.0 Å². The lowest BCUT2D eigenvalue weighted by Crippen LogP contribution is -2.53. The van der Waals surface area contributed by atoms with Gasteiger partial charge in [-0.05, 0) is 43.9 Å². The number of halogens is 3. The van der Waals surface area contributed by atoms with Crippen molar-refractivity contribution >= 4 is 33.3 Å². The number of carbonyl (C=O) groups is 2. The average Bonchev–Trinajstić information content (AvgIpc) is 2.78. The van der Waals surface area contributed by atoms with Crippen molar-refractivity contribution in [1.82, 2.24) is 4.31 Å². The number of anilines is 2. The third kappa shape index (κ3) is 4.21. The number of hydrogen-bond donors (Lipinski definition) is 4. The minimum absolute atomic E-state index is 0.0562. The van der Waals surface area contributed by atoms with Crippen LogP contribution in [0.2, 0.25) is 0 Å². The lowest BCUT2D eigenvalue weighted by molar-refractivity contribution is -0.0504. The first-order valence-electron chi connectivity index (χ1n) is 10.2. The lowest BCUT2D eigenvalue weighted by atomic mass is 9.83. The molecule has 0 unspecified atom stereocenters. The molecule has 1 heterocycles. The first kappa shape index (κ1) is 24.0. The smallest absolute Gasteiger partial charge is 0.336 e. The van der Waals surface area contributed by atoms with E-state index in [4.69, 9.17) is 0 Å². The number of rotatable bonds is 4. The molecular formula is C21H20F3N3O6S. The van der Waals surface area contributed by atoms with Crippen LogP contribution in [0.5, 0.6) is 0 Å². The number of nitrogens with zero attached hydrogens (tertiary/aromatic N) is 1. The molecule has 1 aliphatic heterocycles. The van der Waals surface area contributed by atoms with Gasteiger partial charge in [-0.15, -0.1) is 0 Å². The zero-order valence-corrected chi connectivity index (χ0v) is 18.3. The lowest BCUT2D eigenvalue weighted by Gasteiger charge is -2.40. The molecule has 3 amide bonds. The Kier molecular flexibility index (Phi) is 6.04. The quantitative estimate of drug-likeness (QED) is 0.478. The fourth-order valence-corrected chi connectivity index (χ4v) is 5.84. The van der Waals surface area contributed by atoms with E-state index in [2.05, 4.69) is 10.6 Å². The Bertz CT molecular complexity index is 1260. The Morgan fingerprint density at radius 1 is 1.15 bits per heavy atom. The minimum atomic E-state index is -4.40. The molecule has 1 fully saturated rings. The molecule has 1 aliphatic carbocycles. The first-order chi connectivity index (χ1) is 15.9. The monoisotopic (exact) mass is 499 g/mol. The van der Waals surface area contributed by atoms with Crippen molar-refractivity contribution in [3.63, 3.8) is 0 Å². The number of amides is 3. The molecule has 2 aliphatic rings. The summed E-state index contributed by atoms with van der Waals surface area (Å²) in [5.41, 5.74) is -1.97. The van der Waals surface area contributed by atoms with E-state index in [0.29, 0.717) is 16.4 Å². The Morgan fingerprint density at radius 2 is 1.76 bits per heavy atom. The second-order valence-corrected chi connectivity index (χ2v) is 10.0. The predicted molar refractivity (Wildman–Crippen MR) is 113 cm³/mol. The number of nitrogens with one attached hydrogen (secondary N) is 2. The molecule has 4 N–H and O–H groups in total. The van der Waals surface area contributed by atoms with E-state index in [1.54, 1.807) is 0 Å². The molecule has 0 atom stereocenters. The van der Waals surface area contributed by atoms with Crippen LogP contribution in [-0.2, 0) is 10.0 Å². The summed E-state index contributed by atoms with van der Waals surface area (Å²) >= 11 is 0. The van der Waals surface area contributed by atoms with Gasteiger partial charge in [-0.25, -0.2) is 30.7 Å². The number of aliphatic hydroxyl groups is 2. The Labute approximate surface area is 192 Å². The molecule has 0 bridgehead atoms. The van der Waals surface area contributed by atoms with Crippen molar-refractivity contribution in [1.29, 1.82) is 0 Å². The van der Waals surface area contributed by atoms with Gasteiger partial charge in [0.1, 0.15) is 4.90 Å². The molecule has 0 aromatic heterocycles. The number of urea groups is 1. The Balaban J connectivity index is 1.61. The van der Waals surface area contributed by atoms with Gasteiger partial charge >= 0.3 is 6.03 Å². The second kappa shape index (κ2) is 8.56. The van der Waals surface area contributed by atoms with Crippen molar-refractivity contribution in [3.05, 3.63) is 53.3 Å². The summed E-state index contributed by atoms with van der Waals surface area (Å²) in [7, 11) is -4.40. The zero-order chi connectivity index (χ0) is 24.8. The molecule has 4 rings (SSSR count). The summed E-state index contributed by atoms with van der Waals surface area (Å²) in [5, 5.41) is 24.1. The topological polar surface area (TPSA) is 136 Å². The molecule has 9 nitrogen and oxygen atoms in total. The van der Waals surface area contributed by atoms with Gasteiger partial charge in [-0.1, -0.05) is 0 Å². The minimum Gasteiger partial charge on any atom is -0.393 e. The van der Waals surface area contributed by atoms with E-state index in [1.165, 1.54) is 12.1 Å². The van der Waals surface area contributed by atoms with E-state index in [9.17, 15) is 41.4 Å². The molecular weight excluding hydrogens is 479 g/mol. The molecule has 0 saturated heterocycles. The van der Waals surface area contributed by atoms with Gasteiger partial charge in [0, 0.05) is 23.4 Å². The maximum atomic E-state index is 13.4. The van der Waals surface area contributed by atoms with Crippen molar-refractivity contribution in [2.24, 2.45) is 0 Å². The van der Waals surface area contributed by atoms with Crippen molar-refractivity contribution in [3.8, 4) is 0 Å². The maximum absolute atomic E-state index is 13.4. The predicted octanol–water partition coefficient (Wildman–Crippen LogP) is 2.56. The van der Waals surface area contributed by atoms with Crippen molar-refractivity contribution in [2.75, 3.05) is 17.2 Å². The number of carbonyl (C=O) groups excluding carboxylic acids is 2. The van der Waals surface area contributed by atoms with Gasteiger partial charge in [0.25, 0.3) is 15.9 Å².